The Morgan fingerprint density at radius 2 is 1.57 bits per heavy atom. The highest BCUT2D eigenvalue weighted by Gasteiger charge is 2.10. The molecule has 4 N–H and O–H groups in total. The van der Waals surface area contributed by atoms with Gasteiger partial charge in [-0.2, -0.15) is 0 Å². The minimum Gasteiger partial charge on any atom is -0.329 e. The molecular weight excluding hydrogens is 389 g/mol. The zero-order valence-corrected chi connectivity index (χ0v) is 17.9. The van der Waals surface area contributed by atoms with Gasteiger partial charge in [-0.15, -0.1) is 0 Å². The molecule has 0 spiro atoms. The molecule has 2 aromatic rings. The summed E-state index contributed by atoms with van der Waals surface area (Å²) in [6, 6.07) is 9.20. The van der Waals surface area contributed by atoms with Gasteiger partial charge in [0.2, 0.25) is 0 Å². The van der Waals surface area contributed by atoms with E-state index in [0.29, 0.717) is 38.4 Å². The molecule has 0 saturated heterocycles. The molecule has 1 unspecified atom stereocenters. The van der Waals surface area contributed by atoms with E-state index in [4.69, 9.17) is 5.73 Å². The Bertz CT molecular complexity index is 785. The molecule has 1 atom stereocenters. The Kier molecular flexibility index (Phi) is 10.3. The summed E-state index contributed by atoms with van der Waals surface area (Å²) in [5.74, 6) is -1.62. The van der Waals surface area contributed by atoms with Crippen molar-refractivity contribution in [3.8, 4) is 0 Å². The Morgan fingerprint density at radius 1 is 0.900 bits per heavy atom. The van der Waals surface area contributed by atoms with Crippen LogP contribution in [0.15, 0.2) is 36.4 Å². The van der Waals surface area contributed by atoms with Crippen molar-refractivity contribution >= 4 is 0 Å². The lowest BCUT2D eigenvalue weighted by atomic mass is 9.96. The van der Waals surface area contributed by atoms with E-state index in [1.165, 1.54) is 6.07 Å². The first-order valence-electron chi connectivity index (χ1n) is 10.5. The molecule has 0 amide bonds. The summed E-state index contributed by atoms with van der Waals surface area (Å²) in [5.41, 5.74) is 8.23. The summed E-state index contributed by atoms with van der Waals surface area (Å²) in [4.78, 5) is 2.18. The Labute approximate surface area is 177 Å². The van der Waals surface area contributed by atoms with E-state index in [1.54, 1.807) is 12.1 Å². The SMILES string of the molecule is CCC(C)c1cc(CNCN(CCN)CCNCc2ccc(F)c(F)c2)ccc1F. The van der Waals surface area contributed by atoms with Crippen LogP contribution in [0.1, 0.15) is 42.9 Å². The first-order valence-corrected chi connectivity index (χ1v) is 10.5. The van der Waals surface area contributed by atoms with Crippen LogP contribution in [0.2, 0.25) is 0 Å². The second kappa shape index (κ2) is 12.7. The van der Waals surface area contributed by atoms with Crippen LogP contribution in [0.25, 0.3) is 0 Å². The molecule has 0 saturated carbocycles. The lowest BCUT2D eigenvalue weighted by molar-refractivity contribution is 0.257. The van der Waals surface area contributed by atoms with Crippen molar-refractivity contribution in [2.24, 2.45) is 5.73 Å². The van der Waals surface area contributed by atoms with Crippen LogP contribution >= 0.6 is 0 Å². The Hall–Kier alpha value is -1.93. The normalized spacial score (nSPS) is 12.5. The van der Waals surface area contributed by atoms with E-state index in [-0.39, 0.29) is 11.7 Å². The highest BCUT2D eigenvalue weighted by atomic mass is 19.2. The average Bonchev–Trinajstić information content (AvgIpc) is 2.74. The first kappa shape index (κ1) is 24.3. The van der Waals surface area contributed by atoms with Gasteiger partial charge in [-0.05, 0) is 47.2 Å². The summed E-state index contributed by atoms with van der Waals surface area (Å²) < 4.78 is 40.2. The van der Waals surface area contributed by atoms with Crippen molar-refractivity contribution in [2.45, 2.75) is 39.3 Å². The standard InChI is InChI=1S/C23H33F3N4/c1-3-17(2)20-12-18(4-6-21(20)24)15-29-16-30(10-8-27)11-9-28-14-19-5-7-22(25)23(26)13-19/h4-7,12-13,17,28-29H,3,8-11,14-16,27H2,1-2H3. The smallest absolute Gasteiger partial charge is 0.159 e. The molecule has 0 bridgehead atoms. The number of benzene rings is 2. The zero-order valence-electron chi connectivity index (χ0n) is 17.9. The maximum absolute atomic E-state index is 14.0. The van der Waals surface area contributed by atoms with Gasteiger partial charge in [0.15, 0.2) is 11.6 Å². The van der Waals surface area contributed by atoms with E-state index in [2.05, 4.69) is 22.5 Å². The van der Waals surface area contributed by atoms with Gasteiger partial charge >= 0.3 is 0 Å². The highest BCUT2D eigenvalue weighted by Crippen LogP contribution is 2.23. The summed E-state index contributed by atoms with van der Waals surface area (Å²) in [6.45, 7) is 8.58. The maximum atomic E-state index is 14.0. The molecule has 166 valence electrons. The number of nitrogens with two attached hydrogens (primary N) is 1. The number of nitrogens with zero attached hydrogens (tertiary/aromatic N) is 1. The minimum atomic E-state index is -0.837. The monoisotopic (exact) mass is 422 g/mol. The van der Waals surface area contributed by atoms with Crippen molar-refractivity contribution in [1.82, 2.24) is 15.5 Å². The molecule has 30 heavy (non-hydrogen) atoms. The van der Waals surface area contributed by atoms with Crippen molar-refractivity contribution in [1.29, 1.82) is 0 Å². The third-order valence-electron chi connectivity index (χ3n) is 5.23. The van der Waals surface area contributed by atoms with Gasteiger partial charge in [0.1, 0.15) is 5.82 Å². The fourth-order valence-corrected chi connectivity index (χ4v) is 3.23. The van der Waals surface area contributed by atoms with Crippen LogP contribution in [0.4, 0.5) is 13.2 Å². The topological polar surface area (TPSA) is 53.3 Å². The summed E-state index contributed by atoms with van der Waals surface area (Å²) in [5, 5.41) is 6.63. The Balaban J connectivity index is 1.76. The molecule has 7 heteroatoms. The van der Waals surface area contributed by atoms with Crippen LogP contribution in [0.5, 0.6) is 0 Å². The predicted octanol–water partition coefficient (Wildman–Crippen LogP) is 3.72. The summed E-state index contributed by atoms with van der Waals surface area (Å²) in [6.07, 6.45) is 0.898. The number of halogens is 3. The van der Waals surface area contributed by atoms with E-state index >= 15 is 0 Å². The molecule has 0 aliphatic rings. The number of nitrogens with one attached hydrogen (secondary N) is 2. The molecular formula is C23H33F3N4. The Morgan fingerprint density at radius 3 is 2.23 bits per heavy atom. The second-order valence-corrected chi connectivity index (χ2v) is 7.58. The van der Waals surface area contributed by atoms with Crippen molar-refractivity contribution in [3.05, 3.63) is 70.5 Å². The average molecular weight is 423 g/mol. The van der Waals surface area contributed by atoms with E-state index in [0.717, 1.165) is 36.7 Å². The molecule has 0 aromatic heterocycles. The van der Waals surface area contributed by atoms with Crippen molar-refractivity contribution in [3.63, 3.8) is 0 Å². The van der Waals surface area contributed by atoms with Crippen LogP contribution in [-0.4, -0.2) is 37.7 Å². The van der Waals surface area contributed by atoms with Crippen LogP contribution in [0.3, 0.4) is 0 Å². The molecule has 2 aromatic carbocycles. The fourth-order valence-electron chi connectivity index (χ4n) is 3.23. The van der Waals surface area contributed by atoms with Crippen LogP contribution < -0.4 is 16.4 Å². The molecule has 2 rings (SSSR count). The maximum Gasteiger partial charge on any atom is 0.159 e. The van der Waals surface area contributed by atoms with Gasteiger partial charge in [-0.1, -0.05) is 32.0 Å². The van der Waals surface area contributed by atoms with E-state index in [1.807, 2.05) is 19.1 Å². The lowest BCUT2D eigenvalue weighted by Gasteiger charge is -2.22. The number of hydrogen-bond donors (Lipinski definition) is 3. The lowest BCUT2D eigenvalue weighted by Crippen LogP contribution is -2.41. The highest BCUT2D eigenvalue weighted by molar-refractivity contribution is 5.27. The second-order valence-electron chi connectivity index (χ2n) is 7.58. The van der Waals surface area contributed by atoms with E-state index in [9.17, 15) is 13.2 Å². The van der Waals surface area contributed by atoms with Crippen LogP contribution in [-0.2, 0) is 13.1 Å². The van der Waals surface area contributed by atoms with E-state index < -0.39 is 11.6 Å². The largest absolute Gasteiger partial charge is 0.329 e. The zero-order chi connectivity index (χ0) is 21.9. The van der Waals surface area contributed by atoms with Gasteiger partial charge in [-0.3, -0.25) is 4.90 Å². The third-order valence-corrected chi connectivity index (χ3v) is 5.23. The molecule has 4 nitrogen and oxygen atoms in total. The van der Waals surface area contributed by atoms with Crippen LogP contribution in [0, 0.1) is 17.5 Å². The molecule has 0 heterocycles. The predicted molar refractivity (Wildman–Crippen MR) is 116 cm³/mol. The summed E-state index contributed by atoms with van der Waals surface area (Å²) in [7, 11) is 0. The molecule has 0 aliphatic carbocycles. The molecule has 0 radical (unpaired) electrons. The molecule has 0 aliphatic heterocycles. The van der Waals surface area contributed by atoms with Gasteiger partial charge in [-0.25, -0.2) is 13.2 Å². The summed E-state index contributed by atoms with van der Waals surface area (Å²) >= 11 is 0. The molecule has 0 fully saturated rings. The quantitative estimate of drug-likeness (QED) is 0.340. The van der Waals surface area contributed by atoms with Crippen molar-refractivity contribution in [2.75, 3.05) is 32.8 Å². The minimum absolute atomic E-state index is 0.148. The van der Waals surface area contributed by atoms with Gasteiger partial charge in [0, 0.05) is 45.9 Å². The van der Waals surface area contributed by atoms with Gasteiger partial charge in [0.05, 0.1) is 0 Å². The number of hydrogen-bond acceptors (Lipinski definition) is 4. The number of rotatable bonds is 13. The third kappa shape index (κ3) is 7.72. The van der Waals surface area contributed by atoms with Gasteiger partial charge in [0.25, 0.3) is 0 Å². The van der Waals surface area contributed by atoms with Gasteiger partial charge < -0.3 is 16.4 Å². The first-order chi connectivity index (χ1) is 14.4. The van der Waals surface area contributed by atoms with Crippen molar-refractivity contribution < 1.29 is 13.2 Å². The fraction of sp³-hybridized carbons (Fsp3) is 0.478.